The van der Waals surface area contributed by atoms with Crippen LogP contribution in [0.2, 0.25) is 0 Å². The maximum Gasteiger partial charge on any atom is 0.236 e. The van der Waals surface area contributed by atoms with Gasteiger partial charge in [0.2, 0.25) is 5.91 Å². The minimum atomic E-state index is 0.284. The van der Waals surface area contributed by atoms with Gasteiger partial charge in [-0.3, -0.25) is 14.6 Å². The molecule has 1 aliphatic heterocycles. The normalized spacial score (nSPS) is 20.7. The molecule has 2 aliphatic rings. The summed E-state index contributed by atoms with van der Waals surface area (Å²) >= 11 is 1.75. The fraction of sp³-hybridized carbons (Fsp3) is 0.500. The van der Waals surface area contributed by atoms with E-state index < -0.39 is 0 Å². The molecule has 1 aromatic carbocycles. The van der Waals surface area contributed by atoms with Crippen LogP contribution >= 0.6 is 11.3 Å². The third kappa shape index (κ3) is 4.60. The van der Waals surface area contributed by atoms with Crippen molar-refractivity contribution < 1.29 is 4.79 Å². The molecule has 0 N–H and O–H groups in total. The van der Waals surface area contributed by atoms with E-state index in [1.54, 1.807) is 11.3 Å². The molecule has 0 saturated carbocycles. The minimum Gasteiger partial charge on any atom is -0.339 e. The van der Waals surface area contributed by atoms with E-state index in [2.05, 4.69) is 62.8 Å². The number of fused-ring (bicyclic) bond motifs is 1. The van der Waals surface area contributed by atoms with Crippen LogP contribution < -0.4 is 0 Å². The number of aryl methyl sites for hydroxylation is 1. The Morgan fingerprint density at radius 2 is 1.93 bits per heavy atom. The van der Waals surface area contributed by atoms with Crippen LogP contribution in [-0.4, -0.2) is 66.4 Å². The number of carbonyl (C=O) groups is 1. The molecule has 2 aromatic rings. The van der Waals surface area contributed by atoms with Gasteiger partial charge in [0.05, 0.1) is 6.54 Å². The lowest BCUT2D eigenvalue weighted by Crippen LogP contribution is -2.51. The first-order valence-electron chi connectivity index (χ1n) is 9.97. The average molecular weight is 384 g/mol. The van der Waals surface area contributed by atoms with Gasteiger partial charge >= 0.3 is 0 Å². The highest BCUT2D eigenvalue weighted by molar-refractivity contribution is 7.07. The fourth-order valence-corrected chi connectivity index (χ4v) is 4.95. The van der Waals surface area contributed by atoms with E-state index in [0.29, 0.717) is 12.6 Å². The number of likely N-dealkylation sites (N-methyl/N-ethyl adjacent to an activating group) is 1. The molecule has 4 nitrogen and oxygen atoms in total. The Kier molecular flexibility index (Phi) is 5.91. The number of nitrogens with zero attached hydrogens (tertiary/aromatic N) is 3. The summed E-state index contributed by atoms with van der Waals surface area (Å²) in [5, 5.41) is 4.35. The molecule has 4 rings (SSSR count). The maximum atomic E-state index is 12.8. The number of piperazine rings is 1. The zero-order valence-corrected chi connectivity index (χ0v) is 17.0. The quantitative estimate of drug-likeness (QED) is 0.794. The Morgan fingerprint density at radius 3 is 2.67 bits per heavy atom. The number of hydrogen-bond acceptors (Lipinski definition) is 4. The van der Waals surface area contributed by atoms with Crippen molar-refractivity contribution in [3.63, 3.8) is 0 Å². The predicted molar refractivity (Wildman–Crippen MR) is 111 cm³/mol. The van der Waals surface area contributed by atoms with Crippen LogP contribution in [0.4, 0.5) is 0 Å². The summed E-state index contributed by atoms with van der Waals surface area (Å²) in [5.41, 5.74) is 4.32. The second kappa shape index (κ2) is 8.55. The topological polar surface area (TPSA) is 26.8 Å². The summed E-state index contributed by atoms with van der Waals surface area (Å²) in [6.07, 6.45) is 3.34. The van der Waals surface area contributed by atoms with Gasteiger partial charge in [0, 0.05) is 38.8 Å². The van der Waals surface area contributed by atoms with Crippen LogP contribution in [0.5, 0.6) is 0 Å². The molecule has 1 aliphatic carbocycles. The summed E-state index contributed by atoms with van der Waals surface area (Å²) in [7, 11) is 2.11. The molecule has 1 amide bonds. The third-order valence-corrected chi connectivity index (χ3v) is 6.77. The van der Waals surface area contributed by atoms with E-state index in [9.17, 15) is 4.79 Å². The molecule has 1 atom stereocenters. The monoisotopic (exact) mass is 383 g/mol. The van der Waals surface area contributed by atoms with Crippen LogP contribution in [0.25, 0.3) is 0 Å². The summed E-state index contributed by atoms with van der Waals surface area (Å²) in [6, 6.07) is 11.4. The van der Waals surface area contributed by atoms with E-state index in [1.165, 1.54) is 16.7 Å². The van der Waals surface area contributed by atoms with E-state index in [1.807, 2.05) is 0 Å². The molecule has 1 fully saturated rings. The highest BCUT2D eigenvalue weighted by atomic mass is 32.1. The molecule has 0 spiro atoms. The Balaban J connectivity index is 1.25. The van der Waals surface area contributed by atoms with Gasteiger partial charge in [0.1, 0.15) is 0 Å². The molecule has 5 heteroatoms. The van der Waals surface area contributed by atoms with Gasteiger partial charge in [-0.15, -0.1) is 0 Å². The molecular formula is C22H29N3OS. The van der Waals surface area contributed by atoms with Crippen molar-refractivity contribution in [1.29, 1.82) is 0 Å². The number of benzene rings is 1. The van der Waals surface area contributed by atoms with Gasteiger partial charge in [0.25, 0.3) is 0 Å². The molecule has 1 aromatic heterocycles. The van der Waals surface area contributed by atoms with E-state index in [-0.39, 0.29) is 5.91 Å². The summed E-state index contributed by atoms with van der Waals surface area (Å²) in [6.45, 7) is 5.20. The number of hydrogen-bond donors (Lipinski definition) is 0. The first-order chi connectivity index (χ1) is 13.2. The third-order valence-electron chi connectivity index (χ3n) is 6.04. The van der Waals surface area contributed by atoms with Gasteiger partial charge in [0.15, 0.2) is 0 Å². The van der Waals surface area contributed by atoms with Crippen molar-refractivity contribution in [3.8, 4) is 0 Å². The lowest BCUT2D eigenvalue weighted by atomic mass is 9.88. The number of carbonyl (C=O) groups excluding carboxylic acids is 1. The number of thiophene rings is 1. The highest BCUT2D eigenvalue weighted by Crippen LogP contribution is 2.24. The Hall–Kier alpha value is -1.69. The standard InChI is InChI=1S/C22H29N3OS/c1-23(21-7-6-19-4-2-3-5-20(19)14-21)16-22(26)25-11-9-24(10-12-25)15-18-8-13-27-17-18/h2-5,8,13,17,21H,6-7,9-12,14-16H2,1H3. The van der Waals surface area contributed by atoms with Gasteiger partial charge < -0.3 is 4.90 Å². The summed E-state index contributed by atoms with van der Waals surface area (Å²) < 4.78 is 0. The average Bonchev–Trinajstić information content (AvgIpc) is 3.21. The second-order valence-electron chi connectivity index (χ2n) is 7.87. The zero-order chi connectivity index (χ0) is 18.6. The van der Waals surface area contributed by atoms with Gasteiger partial charge in [-0.1, -0.05) is 24.3 Å². The molecule has 1 saturated heterocycles. The lowest BCUT2D eigenvalue weighted by molar-refractivity contribution is -0.134. The first kappa shape index (κ1) is 18.7. The van der Waals surface area contributed by atoms with Crippen LogP contribution in [0.1, 0.15) is 23.1 Å². The van der Waals surface area contributed by atoms with Crippen molar-refractivity contribution >= 4 is 17.2 Å². The largest absolute Gasteiger partial charge is 0.339 e. The SMILES string of the molecule is CN(CC(=O)N1CCN(Cc2ccsc2)CC1)C1CCc2ccccc2C1. The molecule has 144 valence electrons. The zero-order valence-electron chi connectivity index (χ0n) is 16.1. The smallest absolute Gasteiger partial charge is 0.236 e. The molecule has 1 unspecified atom stereocenters. The van der Waals surface area contributed by atoms with Crippen molar-refractivity contribution in [2.75, 3.05) is 39.8 Å². The summed E-state index contributed by atoms with van der Waals surface area (Å²) in [4.78, 5) is 19.6. The Bertz CT molecular complexity index is 753. The van der Waals surface area contributed by atoms with Gasteiger partial charge in [-0.05, 0) is 59.8 Å². The van der Waals surface area contributed by atoms with Gasteiger partial charge in [-0.2, -0.15) is 11.3 Å². The summed E-state index contributed by atoms with van der Waals surface area (Å²) in [5.74, 6) is 0.284. The van der Waals surface area contributed by atoms with Crippen molar-refractivity contribution in [2.24, 2.45) is 0 Å². The van der Waals surface area contributed by atoms with Crippen molar-refractivity contribution in [3.05, 3.63) is 57.8 Å². The molecule has 0 radical (unpaired) electrons. The van der Waals surface area contributed by atoms with Crippen LogP contribution in [0.3, 0.4) is 0 Å². The van der Waals surface area contributed by atoms with Crippen LogP contribution in [0.15, 0.2) is 41.1 Å². The molecule has 27 heavy (non-hydrogen) atoms. The highest BCUT2D eigenvalue weighted by Gasteiger charge is 2.26. The van der Waals surface area contributed by atoms with E-state index >= 15 is 0 Å². The van der Waals surface area contributed by atoms with Crippen LogP contribution in [0, 0.1) is 0 Å². The van der Waals surface area contributed by atoms with Crippen molar-refractivity contribution in [1.82, 2.24) is 14.7 Å². The van der Waals surface area contributed by atoms with E-state index in [0.717, 1.165) is 52.0 Å². The van der Waals surface area contributed by atoms with Crippen molar-refractivity contribution in [2.45, 2.75) is 31.8 Å². The number of rotatable bonds is 5. The lowest BCUT2D eigenvalue weighted by Gasteiger charge is -2.37. The molecular weight excluding hydrogens is 354 g/mol. The number of amides is 1. The first-order valence-corrected chi connectivity index (χ1v) is 10.9. The maximum absolute atomic E-state index is 12.8. The fourth-order valence-electron chi connectivity index (χ4n) is 4.29. The van der Waals surface area contributed by atoms with E-state index in [4.69, 9.17) is 0 Å². The predicted octanol–water partition coefficient (Wildman–Crippen LogP) is 2.88. The van der Waals surface area contributed by atoms with Gasteiger partial charge in [-0.25, -0.2) is 0 Å². The molecule has 0 bridgehead atoms. The Morgan fingerprint density at radius 1 is 1.15 bits per heavy atom. The van der Waals surface area contributed by atoms with Crippen LogP contribution in [-0.2, 0) is 24.2 Å². The Labute approximate surface area is 166 Å². The minimum absolute atomic E-state index is 0.284. The molecule has 2 heterocycles. The second-order valence-corrected chi connectivity index (χ2v) is 8.65.